The van der Waals surface area contributed by atoms with Gasteiger partial charge in [0.1, 0.15) is 5.75 Å². The number of hydrazone groups is 1. The molecule has 1 fully saturated rings. The topological polar surface area (TPSA) is 148 Å². The molecule has 2 heterocycles. The second kappa shape index (κ2) is 8.23. The summed E-state index contributed by atoms with van der Waals surface area (Å²) in [7, 11) is 1.44. The van der Waals surface area contributed by atoms with Crippen molar-refractivity contribution in [3.05, 3.63) is 33.9 Å². The minimum absolute atomic E-state index is 0.113. The Hall–Kier alpha value is -3.54. The van der Waals surface area contributed by atoms with E-state index in [1.54, 1.807) is 0 Å². The van der Waals surface area contributed by atoms with Gasteiger partial charge in [-0.2, -0.15) is 20.1 Å². The largest absolute Gasteiger partial charge is 0.507 e. The Kier molecular flexibility index (Phi) is 5.56. The van der Waals surface area contributed by atoms with Gasteiger partial charge in [0.25, 0.3) is 11.6 Å². The molecule has 3 rings (SSSR count). The standard InChI is InChI=1S/C15H17N7O5/c1-26-15-18-13(17-14(19-15)21-4-6-27-7-5-21)20-16-9-10-8-11(22(24)25)2-3-12(10)23/h2-3,8-9,23H,4-7H2,1H3,(H,17,18,19,20)/b16-9-. The first-order valence-electron chi connectivity index (χ1n) is 7.96. The van der Waals surface area contributed by atoms with E-state index in [2.05, 4.69) is 25.5 Å². The maximum atomic E-state index is 10.8. The summed E-state index contributed by atoms with van der Waals surface area (Å²) >= 11 is 0. The van der Waals surface area contributed by atoms with Gasteiger partial charge in [-0.1, -0.05) is 0 Å². The van der Waals surface area contributed by atoms with Crippen LogP contribution < -0.4 is 15.1 Å². The van der Waals surface area contributed by atoms with Crippen LogP contribution in [0.3, 0.4) is 0 Å². The lowest BCUT2D eigenvalue weighted by atomic mass is 10.2. The predicted octanol–water partition coefficient (Wildman–Crippen LogP) is 0.777. The normalized spacial score (nSPS) is 14.3. The molecule has 142 valence electrons. The number of nitrogens with zero attached hydrogens (tertiary/aromatic N) is 6. The SMILES string of the molecule is COc1nc(N/N=C\c2cc([N+](=O)[O-])ccc2O)nc(N2CCOCC2)n1. The van der Waals surface area contributed by atoms with Crippen LogP contribution in [0.4, 0.5) is 17.6 Å². The second-order valence-corrected chi connectivity index (χ2v) is 5.42. The lowest BCUT2D eigenvalue weighted by Crippen LogP contribution is -2.37. The van der Waals surface area contributed by atoms with Gasteiger partial charge in [-0.05, 0) is 6.07 Å². The zero-order valence-electron chi connectivity index (χ0n) is 14.4. The monoisotopic (exact) mass is 375 g/mol. The van der Waals surface area contributed by atoms with Crippen molar-refractivity contribution in [1.29, 1.82) is 0 Å². The molecule has 2 N–H and O–H groups in total. The third kappa shape index (κ3) is 4.55. The number of aromatic hydroxyl groups is 1. The van der Waals surface area contributed by atoms with Crippen LogP contribution in [0.25, 0.3) is 0 Å². The van der Waals surface area contributed by atoms with Crippen molar-refractivity contribution < 1.29 is 19.5 Å². The van der Waals surface area contributed by atoms with E-state index in [-0.39, 0.29) is 29.0 Å². The fourth-order valence-electron chi connectivity index (χ4n) is 2.31. The molecule has 1 aliphatic heterocycles. The van der Waals surface area contributed by atoms with E-state index in [0.29, 0.717) is 32.3 Å². The molecule has 27 heavy (non-hydrogen) atoms. The summed E-state index contributed by atoms with van der Waals surface area (Å²) in [4.78, 5) is 24.7. The van der Waals surface area contributed by atoms with Crippen LogP contribution in [0.2, 0.25) is 0 Å². The molecule has 1 aromatic carbocycles. The number of anilines is 2. The summed E-state index contributed by atoms with van der Waals surface area (Å²) in [5, 5.41) is 24.5. The molecular formula is C15H17N7O5. The Morgan fingerprint density at radius 1 is 1.37 bits per heavy atom. The molecule has 0 radical (unpaired) electrons. The van der Waals surface area contributed by atoms with Crippen LogP contribution in [-0.2, 0) is 4.74 Å². The first kappa shape index (κ1) is 18.3. The summed E-state index contributed by atoms with van der Waals surface area (Å²) in [6.45, 7) is 2.41. The molecule has 0 spiro atoms. The predicted molar refractivity (Wildman–Crippen MR) is 95.4 cm³/mol. The maximum absolute atomic E-state index is 10.8. The van der Waals surface area contributed by atoms with Crippen LogP contribution >= 0.6 is 0 Å². The minimum atomic E-state index is -0.560. The van der Waals surface area contributed by atoms with Gasteiger partial charge in [0.15, 0.2) is 0 Å². The summed E-state index contributed by atoms with van der Waals surface area (Å²) in [6, 6.07) is 3.74. The Bertz CT molecular complexity index is 854. The van der Waals surface area contributed by atoms with Gasteiger partial charge < -0.3 is 19.5 Å². The number of hydrogen-bond acceptors (Lipinski definition) is 11. The average molecular weight is 375 g/mol. The van der Waals surface area contributed by atoms with Crippen molar-refractivity contribution in [3.8, 4) is 11.8 Å². The Morgan fingerprint density at radius 2 is 2.15 bits per heavy atom. The number of hydrogen-bond donors (Lipinski definition) is 2. The summed E-state index contributed by atoms with van der Waals surface area (Å²) in [5.74, 6) is 0.402. The molecule has 0 atom stereocenters. The van der Waals surface area contributed by atoms with E-state index in [1.165, 1.54) is 31.5 Å². The highest BCUT2D eigenvalue weighted by Gasteiger charge is 2.16. The molecule has 12 nitrogen and oxygen atoms in total. The van der Waals surface area contributed by atoms with Crippen LogP contribution in [0.15, 0.2) is 23.3 Å². The first-order valence-corrected chi connectivity index (χ1v) is 7.96. The molecule has 0 saturated carbocycles. The Balaban J connectivity index is 1.78. The van der Waals surface area contributed by atoms with Crippen molar-refractivity contribution in [2.45, 2.75) is 0 Å². The quantitative estimate of drug-likeness (QED) is 0.421. The van der Waals surface area contributed by atoms with E-state index in [0.717, 1.165) is 0 Å². The summed E-state index contributed by atoms with van der Waals surface area (Å²) in [5.41, 5.74) is 2.62. The van der Waals surface area contributed by atoms with Crippen LogP contribution in [0.1, 0.15) is 5.56 Å². The number of methoxy groups -OCH3 is 1. The highest BCUT2D eigenvalue weighted by Crippen LogP contribution is 2.21. The lowest BCUT2D eigenvalue weighted by Gasteiger charge is -2.26. The van der Waals surface area contributed by atoms with Crippen molar-refractivity contribution >= 4 is 23.8 Å². The number of nitro benzene ring substituents is 1. The number of nitrogens with one attached hydrogen (secondary N) is 1. The van der Waals surface area contributed by atoms with Gasteiger partial charge in [-0.3, -0.25) is 10.1 Å². The zero-order chi connectivity index (χ0) is 19.2. The number of rotatable bonds is 6. The van der Waals surface area contributed by atoms with Gasteiger partial charge in [0, 0.05) is 30.8 Å². The summed E-state index contributed by atoms with van der Waals surface area (Å²) in [6.07, 6.45) is 1.23. The number of benzene rings is 1. The Labute approximate surface area is 153 Å². The first-order chi connectivity index (χ1) is 13.1. The number of nitro groups is 1. The molecule has 1 saturated heterocycles. The fourth-order valence-corrected chi connectivity index (χ4v) is 2.31. The number of aromatic nitrogens is 3. The van der Waals surface area contributed by atoms with E-state index in [4.69, 9.17) is 9.47 Å². The third-order valence-electron chi connectivity index (χ3n) is 3.67. The molecule has 0 unspecified atom stereocenters. The molecule has 0 amide bonds. The van der Waals surface area contributed by atoms with Gasteiger partial charge in [-0.15, -0.1) is 0 Å². The van der Waals surface area contributed by atoms with E-state index in [9.17, 15) is 15.2 Å². The number of morpholine rings is 1. The molecule has 0 bridgehead atoms. The van der Waals surface area contributed by atoms with E-state index in [1.807, 2.05) is 4.90 Å². The molecule has 0 aliphatic carbocycles. The van der Waals surface area contributed by atoms with Crippen molar-refractivity contribution in [2.24, 2.45) is 5.10 Å². The maximum Gasteiger partial charge on any atom is 0.322 e. The molecule has 2 aromatic rings. The minimum Gasteiger partial charge on any atom is -0.507 e. The summed E-state index contributed by atoms with van der Waals surface area (Å²) < 4.78 is 10.4. The van der Waals surface area contributed by atoms with Gasteiger partial charge in [0.2, 0.25) is 5.95 Å². The van der Waals surface area contributed by atoms with Gasteiger partial charge >= 0.3 is 6.01 Å². The number of phenolic OH excluding ortho intramolecular Hbond substituents is 1. The number of ether oxygens (including phenoxy) is 2. The number of phenols is 1. The van der Waals surface area contributed by atoms with Crippen LogP contribution in [0, 0.1) is 10.1 Å². The van der Waals surface area contributed by atoms with E-state index >= 15 is 0 Å². The smallest absolute Gasteiger partial charge is 0.322 e. The van der Waals surface area contributed by atoms with Crippen molar-refractivity contribution in [2.75, 3.05) is 43.7 Å². The lowest BCUT2D eigenvalue weighted by molar-refractivity contribution is -0.384. The van der Waals surface area contributed by atoms with Gasteiger partial charge in [0.05, 0.1) is 31.5 Å². The van der Waals surface area contributed by atoms with Crippen LogP contribution in [-0.4, -0.2) is 64.6 Å². The average Bonchev–Trinajstić information content (AvgIpc) is 2.69. The fraction of sp³-hybridized carbons (Fsp3) is 0.333. The second-order valence-electron chi connectivity index (χ2n) is 5.42. The zero-order valence-corrected chi connectivity index (χ0v) is 14.4. The van der Waals surface area contributed by atoms with Gasteiger partial charge in [-0.25, -0.2) is 5.43 Å². The highest BCUT2D eigenvalue weighted by molar-refractivity contribution is 5.84. The van der Waals surface area contributed by atoms with Crippen molar-refractivity contribution in [3.63, 3.8) is 0 Å². The van der Waals surface area contributed by atoms with E-state index < -0.39 is 4.92 Å². The Morgan fingerprint density at radius 3 is 2.85 bits per heavy atom. The molecule has 1 aromatic heterocycles. The highest BCUT2D eigenvalue weighted by atomic mass is 16.6. The third-order valence-corrected chi connectivity index (χ3v) is 3.67. The molecular weight excluding hydrogens is 358 g/mol. The van der Waals surface area contributed by atoms with Crippen LogP contribution in [0.5, 0.6) is 11.8 Å². The van der Waals surface area contributed by atoms with Crippen molar-refractivity contribution in [1.82, 2.24) is 15.0 Å². The molecule has 1 aliphatic rings. The molecule has 12 heteroatoms. The number of non-ortho nitro benzene ring substituents is 1.